The topological polar surface area (TPSA) is 25.2 Å². The molecule has 4 heteroatoms. The molecular formula is C15H17BrClNO. The summed E-state index contributed by atoms with van der Waals surface area (Å²) in [5, 5.41) is 4.31. The minimum absolute atomic E-state index is 0.163. The van der Waals surface area contributed by atoms with E-state index in [0.29, 0.717) is 0 Å². The zero-order valence-electron chi connectivity index (χ0n) is 10.8. The third kappa shape index (κ3) is 4.10. The van der Waals surface area contributed by atoms with Gasteiger partial charge in [-0.2, -0.15) is 0 Å². The zero-order valence-corrected chi connectivity index (χ0v) is 13.2. The number of furan rings is 1. The van der Waals surface area contributed by atoms with Crippen molar-refractivity contribution < 1.29 is 4.42 Å². The van der Waals surface area contributed by atoms with Gasteiger partial charge in [0.15, 0.2) is 0 Å². The first kappa shape index (κ1) is 14.6. The molecule has 102 valence electrons. The normalized spacial score (nSPS) is 12.6. The predicted octanol–water partition coefficient (Wildman–Crippen LogP) is 4.98. The maximum atomic E-state index is 6.32. The van der Waals surface area contributed by atoms with Crippen LogP contribution in [0.4, 0.5) is 0 Å². The van der Waals surface area contributed by atoms with Crippen LogP contribution in [-0.4, -0.2) is 6.54 Å². The van der Waals surface area contributed by atoms with E-state index in [9.17, 15) is 0 Å². The Balaban J connectivity index is 2.23. The number of benzene rings is 1. The van der Waals surface area contributed by atoms with Crippen LogP contribution in [0, 0.1) is 0 Å². The van der Waals surface area contributed by atoms with E-state index in [-0.39, 0.29) is 6.04 Å². The molecule has 0 aliphatic heterocycles. The van der Waals surface area contributed by atoms with Gasteiger partial charge < -0.3 is 9.73 Å². The molecule has 0 amide bonds. The van der Waals surface area contributed by atoms with Gasteiger partial charge >= 0.3 is 0 Å². The average Bonchev–Trinajstić information content (AvgIpc) is 2.90. The number of hydrogen-bond acceptors (Lipinski definition) is 2. The van der Waals surface area contributed by atoms with Crippen LogP contribution in [0.2, 0.25) is 5.02 Å². The van der Waals surface area contributed by atoms with Crippen molar-refractivity contribution in [3.63, 3.8) is 0 Å². The predicted molar refractivity (Wildman–Crippen MR) is 82.6 cm³/mol. The number of halogens is 2. The molecule has 1 aromatic heterocycles. The van der Waals surface area contributed by atoms with Gasteiger partial charge in [0.05, 0.1) is 6.26 Å². The smallest absolute Gasteiger partial charge is 0.105 e. The van der Waals surface area contributed by atoms with Crippen molar-refractivity contribution in [2.75, 3.05) is 6.54 Å². The summed E-state index contributed by atoms with van der Waals surface area (Å²) in [5.74, 6) is 0.963. The first-order valence-corrected chi connectivity index (χ1v) is 7.58. The zero-order chi connectivity index (χ0) is 13.7. The summed E-state index contributed by atoms with van der Waals surface area (Å²) in [7, 11) is 0. The van der Waals surface area contributed by atoms with Crippen LogP contribution in [0.25, 0.3) is 0 Å². The lowest BCUT2D eigenvalue weighted by atomic mass is 10.0. The number of nitrogens with one attached hydrogen (secondary N) is 1. The van der Waals surface area contributed by atoms with E-state index in [4.69, 9.17) is 16.0 Å². The monoisotopic (exact) mass is 341 g/mol. The molecule has 1 N–H and O–H groups in total. The molecule has 0 radical (unpaired) electrons. The molecule has 0 saturated carbocycles. The number of rotatable bonds is 6. The van der Waals surface area contributed by atoms with Crippen LogP contribution in [0.5, 0.6) is 0 Å². The van der Waals surface area contributed by atoms with Gasteiger partial charge in [-0.25, -0.2) is 0 Å². The van der Waals surface area contributed by atoms with Gasteiger partial charge in [0, 0.05) is 22.0 Å². The van der Waals surface area contributed by atoms with E-state index in [1.165, 1.54) is 0 Å². The molecule has 0 bridgehead atoms. The van der Waals surface area contributed by atoms with Crippen molar-refractivity contribution in [1.29, 1.82) is 0 Å². The lowest BCUT2D eigenvalue weighted by Gasteiger charge is -2.19. The highest BCUT2D eigenvalue weighted by Crippen LogP contribution is 2.29. The first-order valence-electron chi connectivity index (χ1n) is 6.41. The van der Waals surface area contributed by atoms with E-state index < -0.39 is 0 Å². The highest BCUT2D eigenvalue weighted by Gasteiger charge is 2.16. The number of hydrogen-bond donors (Lipinski definition) is 1. The summed E-state index contributed by atoms with van der Waals surface area (Å²) in [4.78, 5) is 0. The summed E-state index contributed by atoms with van der Waals surface area (Å²) >= 11 is 9.82. The van der Waals surface area contributed by atoms with Crippen molar-refractivity contribution in [3.8, 4) is 0 Å². The van der Waals surface area contributed by atoms with E-state index in [1.807, 2.05) is 24.3 Å². The van der Waals surface area contributed by atoms with Crippen LogP contribution in [0.15, 0.2) is 45.5 Å². The van der Waals surface area contributed by atoms with Crippen molar-refractivity contribution in [3.05, 3.63) is 57.4 Å². The quantitative estimate of drug-likeness (QED) is 0.801. The average molecular weight is 343 g/mol. The Hall–Kier alpha value is -0.770. The molecule has 0 saturated heterocycles. The maximum absolute atomic E-state index is 6.32. The molecule has 0 spiro atoms. The molecule has 2 rings (SSSR count). The Labute approximate surface area is 127 Å². The third-order valence-corrected chi connectivity index (χ3v) is 3.80. The molecule has 19 heavy (non-hydrogen) atoms. The van der Waals surface area contributed by atoms with Crippen molar-refractivity contribution >= 4 is 27.5 Å². The van der Waals surface area contributed by atoms with Crippen LogP contribution in [0.1, 0.15) is 30.7 Å². The van der Waals surface area contributed by atoms with Gasteiger partial charge in [-0.05, 0) is 48.9 Å². The molecule has 0 aliphatic carbocycles. The highest BCUT2D eigenvalue weighted by atomic mass is 79.9. The van der Waals surface area contributed by atoms with Gasteiger partial charge in [0.1, 0.15) is 5.76 Å². The van der Waals surface area contributed by atoms with Crippen LogP contribution >= 0.6 is 27.5 Å². The van der Waals surface area contributed by atoms with Crippen LogP contribution in [-0.2, 0) is 6.42 Å². The Morgan fingerprint density at radius 1 is 1.37 bits per heavy atom. The second-order valence-electron chi connectivity index (χ2n) is 4.46. The lowest BCUT2D eigenvalue weighted by Crippen LogP contribution is -2.24. The standard InChI is InChI=1S/C15H17BrClNO/c1-2-7-18-15(10-12-4-3-8-19-12)13-9-11(16)5-6-14(13)17/h3-6,8-9,15,18H,2,7,10H2,1H3. The summed E-state index contributed by atoms with van der Waals surface area (Å²) in [6.07, 6.45) is 3.58. The molecule has 0 fully saturated rings. The van der Waals surface area contributed by atoms with Crippen molar-refractivity contribution in [2.24, 2.45) is 0 Å². The van der Waals surface area contributed by atoms with Gasteiger partial charge in [0.25, 0.3) is 0 Å². The fourth-order valence-corrected chi connectivity index (χ4v) is 2.65. The van der Waals surface area contributed by atoms with E-state index >= 15 is 0 Å². The second kappa shape index (κ2) is 7.13. The fourth-order valence-electron chi connectivity index (χ4n) is 2.02. The molecule has 1 aromatic carbocycles. The summed E-state index contributed by atoms with van der Waals surface area (Å²) < 4.78 is 6.48. The lowest BCUT2D eigenvalue weighted by molar-refractivity contribution is 0.449. The fraction of sp³-hybridized carbons (Fsp3) is 0.333. The highest BCUT2D eigenvalue weighted by molar-refractivity contribution is 9.10. The Bertz CT molecular complexity index is 513. The van der Waals surface area contributed by atoms with Crippen LogP contribution < -0.4 is 5.32 Å². The van der Waals surface area contributed by atoms with Gasteiger partial charge in [-0.1, -0.05) is 34.5 Å². The molecule has 2 nitrogen and oxygen atoms in total. The van der Waals surface area contributed by atoms with Crippen molar-refractivity contribution in [2.45, 2.75) is 25.8 Å². The van der Waals surface area contributed by atoms with Crippen molar-refractivity contribution in [1.82, 2.24) is 5.32 Å². The third-order valence-electron chi connectivity index (χ3n) is 2.96. The van der Waals surface area contributed by atoms with E-state index in [0.717, 1.165) is 40.2 Å². The van der Waals surface area contributed by atoms with E-state index in [1.54, 1.807) is 6.26 Å². The Kier molecular flexibility index (Phi) is 5.49. The molecule has 2 aromatic rings. The van der Waals surface area contributed by atoms with Gasteiger partial charge in [0.2, 0.25) is 0 Å². The summed E-state index contributed by atoms with van der Waals surface area (Å²) in [5.41, 5.74) is 1.10. The molecule has 1 heterocycles. The molecule has 0 aliphatic rings. The Morgan fingerprint density at radius 3 is 2.89 bits per heavy atom. The molecular weight excluding hydrogens is 326 g/mol. The summed E-state index contributed by atoms with van der Waals surface area (Å²) in [6.45, 7) is 3.10. The first-order chi connectivity index (χ1) is 9.20. The molecule has 1 unspecified atom stereocenters. The van der Waals surface area contributed by atoms with Crippen LogP contribution in [0.3, 0.4) is 0 Å². The Morgan fingerprint density at radius 2 is 2.21 bits per heavy atom. The largest absolute Gasteiger partial charge is 0.469 e. The maximum Gasteiger partial charge on any atom is 0.105 e. The minimum atomic E-state index is 0.163. The minimum Gasteiger partial charge on any atom is -0.469 e. The summed E-state index contributed by atoms with van der Waals surface area (Å²) in [6, 6.07) is 10.0. The van der Waals surface area contributed by atoms with Gasteiger partial charge in [-0.3, -0.25) is 0 Å². The SMILES string of the molecule is CCCNC(Cc1ccco1)c1cc(Br)ccc1Cl. The van der Waals surface area contributed by atoms with E-state index in [2.05, 4.69) is 34.2 Å². The second-order valence-corrected chi connectivity index (χ2v) is 5.78. The van der Waals surface area contributed by atoms with Gasteiger partial charge in [-0.15, -0.1) is 0 Å². The molecule has 1 atom stereocenters.